The number of nitro groups is 1. The number of hydrogen-bond acceptors (Lipinski definition) is 8. The number of rotatable bonds is 11. The number of nitrogens with one attached hydrogen (secondary N) is 1. The number of thioether (sulfide) groups is 1. The summed E-state index contributed by atoms with van der Waals surface area (Å²) in [4.78, 5) is 22.7. The van der Waals surface area contributed by atoms with Crippen LogP contribution < -0.4 is 14.8 Å². The number of amides is 1. The van der Waals surface area contributed by atoms with Crippen LogP contribution in [0.1, 0.15) is 32.7 Å². The van der Waals surface area contributed by atoms with Crippen LogP contribution in [0.2, 0.25) is 0 Å². The van der Waals surface area contributed by atoms with Gasteiger partial charge in [0.1, 0.15) is 17.3 Å². The lowest BCUT2D eigenvalue weighted by molar-refractivity contribution is -0.384. The number of hydrogen-bond donors (Lipinski definition) is 1. The molecule has 1 heterocycles. The average molecular weight is 504 g/mol. The second-order valence-electron chi connectivity index (χ2n) is 8.04. The SMILES string of the molecule is COc1ccc(OC(C)c2nnc(SCC(=O)Nc3cc([N+](=O)[O-])ccc3F)n2CC(C)C)cc1. The van der Waals surface area contributed by atoms with E-state index in [0.29, 0.717) is 23.3 Å². The van der Waals surface area contributed by atoms with Gasteiger partial charge in [0, 0.05) is 18.7 Å². The molecule has 10 nitrogen and oxygen atoms in total. The molecular weight excluding hydrogens is 477 g/mol. The predicted molar refractivity (Wildman–Crippen MR) is 129 cm³/mol. The largest absolute Gasteiger partial charge is 0.497 e. The summed E-state index contributed by atoms with van der Waals surface area (Å²) in [6.07, 6.45) is -0.420. The zero-order valence-corrected chi connectivity index (χ0v) is 20.5. The van der Waals surface area contributed by atoms with Crippen molar-refractivity contribution in [3.05, 3.63) is 64.2 Å². The van der Waals surface area contributed by atoms with E-state index in [2.05, 4.69) is 15.5 Å². The van der Waals surface area contributed by atoms with Crippen LogP contribution in [0.4, 0.5) is 15.8 Å². The zero-order valence-electron chi connectivity index (χ0n) is 19.7. The highest BCUT2D eigenvalue weighted by atomic mass is 32.2. The van der Waals surface area contributed by atoms with Crippen LogP contribution in [0.5, 0.6) is 11.5 Å². The number of benzene rings is 2. The van der Waals surface area contributed by atoms with Gasteiger partial charge in [-0.25, -0.2) is 4.39 Å². The highest BCUT2D eigenvalue weighted by Gasteiger charge is 2.21. The molecule has 0 aliphatic carbocycles. The van der Waals surface area contributed by atoms with Crippen LogP contribution in [-0.2, 0) is 11.3 Å². The van der Waals surface area contributed by atoms with Gasteiger partial charge in [0.25, 0.3) is 5.69 Å². The zero-order chi connectivity index (χ0) is 25.5. The molecule has 12 heteroatoms. The van der Waals surface area contributed by atoms with Gasteiger partial charge in [0.15, 0.2) is 17.1 Å². The first-order chi connectivity index (χ1) is 16.7. The second kappa shape index (κ2) is 11.6. The van der Waals surface area contributed by atoms with Crippen LogP contribution in [0.25, 0.3) is 0 Å². The molecule has 1 unspecified atom stereocenters. The molecule has 1 atom stereocenters. The number of aromatic nitrogens is 3. The van der Waals surface area contributed by atoms with Gasteiger partial charge in [-0.1, -0.05) is 25.6 Å². The summed E-state index contributed by atoms with van der Waals surface area (Å²) in [6, 6.07) is 10.1. The summed E-state index contributed by atoms with van der Waals surface area (Å²) in [7, 11) is 1.59. The van der Waals surface area contributed by atoms with Gasteiger partial charge in [0.2, 0.25) is 5.91 Å². The first-order valence-corrected chi connectivity index (χ1v) is 11.8. The maximum atomic E-state index is 14.0. The Morgan fingerprint density at radius 2 is 1.86 bits per heavy atom. The summed E-state index contributed by atoms with van der Waals surface area (Å²) >= 11 is 1.13. The minimum atomic E-state index is -0.760. The fourth-order valence-corrected chi connectivity index (χ4v) is 3.95. The van der Waals surface area contributed by atoms with Crippen molar-refractivity contribution in [3.63, 3.8) is 0 Å². The van der Waals surface area contributed by atoms with Crippen LogP contribution in [0.3, 0.4) is 0 Å². The number of nitro benzene ring substituents is 1. The molecule has 0 fully saturated rings. The van der Waals surface area contributed by atoms with Gasteiger partial charge in [-0.05, 0) is 43.2 Å². The van der Waals surface area contributed by atoms with Crippen molar-refractivity contribution < 1.29 is 23.6 Å². The van der Waals surface area contributed by atoms with Crippen LogP contribution in [-0.4, -0.2) is 38.5 Å². The fraction of sp³-hybridized carbons (Fsp3) is 0.348. The molecule has 3 rings (SSSR count). The number of methoxy groups -OCH3 is 1. The molecule has 3 aromatic rings. The molecule has 0 aliphatic rings. The molecule has 2 aromatic carbocycles. The normalized spacial score (nSPS) is 11.8. The Kier molecular flexibility index (Phi) is 8.63. The number of carbonyl (C=O) groups excluding carboxylic acids is 1. The Morgan fingerprint density at radius 3 is 2.49 bits per heavy atom. The van der Waals surface area contributed by atoms with E-state index in [1.54, 1.807) is 31.4 Å². The Bertz CT molecular complexity index is 1190. The molecule has 1 amide bonds. The Balaban J connectivity index is 1.70. The summed E-state index contributed by atoms with van der Waals surface area (Å²) in [6.45, 7) is 6.55. The molecular formula is C23H26FN5O5S. The lowest BCUT2D eigenvalue weighted by Crippen LogP contribution is -2.17. The van der Waals surface area contributed by atoms with E-state index in [9.17, 15) is 19.3 Å². The van der Waals surface area contributed by atoms with Gasteiger partial charge >= 0.3 is 0 Å². The van der Waals surface area contributed by atoms with Crippen molar-refractivity contribution in [2.75, 3.05) is 18.2 Å². The molecule has 35 heavy (non-hydrogen) atoms. The van der Waals surface area contributed by atoms with Gasteiger partial charge in [-0.2, -0.15) is 0 Å². The van der Waals surface area contributed by atoms with E-state index in [0.717, 1.165) is 35.7 Å². The predicted octanol–water partition coefficient (Wildman–Crippen LogP) is 4.86. The van der Waals surface area contributed by atoms with Crippen molar-refractivity contribution in [1.82, 2.24) is 14.8 Å². The number of ether oxygens (including phenoxy) is 2. The monoisotopic (exact) mass is 503 g/mol. The fourth-order valence-electron chi connectivity index (χ4n) is 3.19. The number of nitrogens with zero attached hydrogens (tertiary/aromatic N) is 4. The van der Waals surface area contributed by atoms with Gasteiger partial charge < -0.3 is 19.4 Å². The standard InChI is InChI=1S/C23H26FN5O5S/c1-14(2)12-28-22(15(3)34-18-8-6-17(33-4)7-9-18)26-27-23(28)35-13-21(30)25-20-11-16(29(31)32)5-10-19(20)24/h5-11,14-15H,12-13H2,1-4H3,(H,25,30). The third kappa shape index (κ3) is 6.92. The van der Waals surface area contributed by atoms with Crippen molar-refractivity contribution in [2.45, 2.75) is 38.6 Å². The molecule has 0 aliphatic heterocycles. The van der Waals surface area contributed by atoms with E-state index in [-0.39, 0.29) is 23.0 Å². The summed E-state index contributed by atoms with van der Waals surface area (Å²) in [5.74, 6) is 0.847. The summed E-state index contributed by atoms with van der Waals surface area (Å²) in [5, 5.41) is 22.3. The van der Waals surface area contributed by atoms with Crippen molar-refractivity contribution in [1.29, 1.82) is 0 Å². The van der Waals surface area contributed by atoms with E-state index in [1.807, 2.05) is 25.3 Å². The number of carbonyl (C=O) groups is 1. The number of anilines is 1. The van der Waals surface area contributed by atoms with Crippen molar-refractivity contribution in [2.24, 2.45) is 5.92 Å². The second-order valence-corrected chi connectivity index (χ2v) is 8.98. The first kappa shape index (κ1) is 25.9. The maximum absolute atomic E-state index is 14.0. The van der Waals surface area contributed by atoms with Gasteiger partial charge in [-0.15, -0.1) is 10.2 Å². The van der Waals surface area contributed by atoms with Gasteiger partial charge in [0.05, 0.1) is 23.5 Å². The Hall–Kier alpha value is -3.67. The van der Waals surface area contributed by atoms with E-state index >= 15 is 0 Å². The van der Waals surface area contributed by atoms with Crippen molar-refractivity contribution >= 4 is 29.0 Å². The van der Waals surface area contributed by atoms with E-state index in [1.165, 1.54) is 0 Å². The van der Waals surface area contributed by atoms with Crippen LogP contribution in [0, 0.1) is 21.8 Å². The highest BCUT2D eigenvalue weighted by Crippen LogP contribution is 2.27. The Morgan fingerprint density at radius 1 is 1.17 bits per heavy atom. The molecule has 1 aromatic heterocycles. The van der Waals surface area contributed by atoms with Crippen LogP contribution >= 0.6 is 11.8 Å². The minimum absolute atomic E-state index is 0.0912. The molecule has 1 N–H and O–H groups in total. The average Bonchev–Trinajstić information content (AvgIpc) is 3.21. The van der Waals surface area contributed by atoms with E-state index < -0.39 is 22.8 Å². The summed E-state index contributed by atoms with van der Waals surface area (Å²) < 4.78 is 27.1. The Labute approximate surface area is 206 Å². The molecule has 0 radical (unpaired) electrons. The quantitative estimate of drug-likeness (QED) is 0.224. The van der Waals surface area contributed by atoms with Gasteiger partial charge in [-0.3, -0.25) is 14.9 Å². The molecule has 0 saturated heterocycles. The lowest BCUT2D eigenvalue weighted by Gasteiger charge is -2.18. The smallest absolute Gasteiger partial charge is 0.271 e. The summed E-state index contributed by atoms with van der Waals surface area (Å²) in [5.41, 5.74) is -0.572. The molecule has 186 valence electrons. The topological polar surface area (TPSA) is 121 Å². The number of halogens is 1. The number of non-ortho nitro benzene ring substituents is 1. The first-order valence-electron chi connectivity index (χ1n) is 10.8. The third-order valence-corrected chi connectivity index (χ3v) is 5.76. The van der Waals surface area contributed by atoms with Crippen LogP contribution in [0.15, 0.2) is 47.6 Å². The maximum Gasteiger partial charge on any atom is 0.271 e. The van der Waals surface area contributed by atoms with E-state index in [4.69, 9.17) is 9.47 Å². The highest BCUT2D eigenvalue weighted by molar-refractivity contribution is 7.99. The molecule has 0 saturated carbocycles. The molecule has 0 spiro atoms. The molecule has 0 bridgehead atoms. The third-order valence-electron chi connectivity index (χ3n) is 4.80. The minimum Gasteiger partial charge on any atom is -0.497 e. The van der Waals surface area contributed by atoms with Crippen molar-refractivity contribution in [3.8, 4) is 11.5 Å². The lowest BCUT2D eigenvalue weighted by atomic mass is 10.2.